The smallest absolute Gasteiger partial charge is 0.147 e. The van der Waals surface area contributed by atoms with Crippen LogP contribution in [0.5, 0.6) is 0 Å². The number of carbonyl (C=O) groups excluding carboxylic acids is 1. The molecule has 2 bridgehead atoms. The summed E-state index contributed by atoms with van der Waals surface area (Å²) in [4.78, 5) is 13.3. The van der Waals surface area contributed by atoms with E-state index in [-0.39, 0.29) is 42.5 Å². The van der Waals surface area contributed by atoms with E-state index in [2.05, 4.69) is 13.8 Å². The number of carbonyl (C=O) groups is 1. The van der Waals surface area contributed by atoms with Crippen molar-refractivity contribution >= 4 is 5.78 Å². The Kier molecular flexibility index (Phi) is 3.99. The summed E-state index contributed by atoms with van der Waals surface area (Å²) in [6.07, 6.45) is -2.21. The fourth-order valence-corrected chi connectivity index (χ4v) is 7.74. The molecule has 4 saturated carbocycles. The molecular weight excluding hydrogens is 336 g/mol. The summed E-state index contributed by atoms with van der Waals surface area (Å²) in [6, 6.07) is 0. The molecule has 6 heteroatoms. The maximum Gasteiger partial charge on any atom is 0.147 e. The van der Waals surface area contributed by atoms with Crippen LogP contribution in [-0.2, 0) is 4.79 Å². The van der Waals surface area contributed by atoms with Crippen molar-refractivity contribution in [2.24, 2.45) is 39.9 Å². The van der Waals surface area contributed by atoms with Crippen LogP contribution in [0.2, 0.25) is 0 Å². The van der Waals surface area contributed by atoms with Crippen molar-refractivity contribution in [1.82, 2.24) is 0 Å². The fraction of sp³-hybridized carbons (Fsp3) is 0.950. The second kappa shape index (κ2) is 5.51. The van der Waals surface area contributed by atoms with Crippen LogP contribution in [0.15, 0.2) is 0 Å². The quantitative estimate of drug-likeness (QED) is 0.448. The third-order valence-corrected chi connectivity index (χ3v) is 8.93. The van der Waals surface area contributed by atoms with Crippen molar-refractivity contribution < 1.29 is 30.3 Å². The van der Waals surface area contributed by atoms with Gasteiger partial charge in [0.25, 0.3) is 0 Å². The number of rotatable bonds is 1. The summed E-state index contributed by atoms with van der Waals surface area (Å²) in [5.41, 5.74) is -2.83. The molecule has 0 aliphatic heterocycles. The normalized spacial score (nSPS) is 58.2. The lowest BCUT2D eigenvalue weighted by Gasteiger charge is -2.67. The lowest BCUT2D eigenvalue weighted by Crippen LogP contribution is -2.74. The molecule has 148 valence electrons. The second-order valence-electron chi connectivity index (χ2n) is 10.1. The van der Waals surface area contributed by atoms with Crippen LogP contribution in [0.3, 0.4) is 0 Å². The molecule has 1 spiro atoms. The Balaban J connectivity index is 1.97. The minimum atomic E-state index is -1.49. The Morgan fingerprint density at radius 3 is 2.35 bits per heavy atom. The van der Waals surface area contributed by atoms with E-state index in [0.29, 0.717) is 6.42 Å². The maximum atomic E-state index is 13.3. The average Bonchev–Trinajstić information content (AvgIpc) is 2.70. The Hall–Kier alpha value is -0.530. The van der Waals surface area contributed by atoms with Crippen molar-refractivity contribution in [2.75, 3.05) is 6.61 Å². The predicted molar refractivity (Wildman–Crippen MR) is 92.9 cm³/mol. The van der Waals surface area contributed by atoms with Gasteiger partial charge >= 0.3 is 0 Å². The summed E-state index contributed by atoms with van der Waals surface area (Å²) in [7, 11) is 0. The molecule has 6 nitrogen and oxygen atoms in total. The van der Waals surface area contributed by atoms with Gasteiger partial charge in [-0.25, -0.2) is 0 Å². The summed E-state index contributed by atoms with van der Waals surface area (Å²) in [5, 5.41) is 54.9. The maximum absolute atomic E-state index is 13.3. The molecule has 0 aromatic rings. The molecule has 4 rings (SSSR count). The van der Waals surface area contributed by atoms with Gasteiger partial charge in [0, 0.05) is 17.3 Å². The summed E-state index contributed by atoms with van der Waals surface area (Å²) in [5.74, 6) is -2.13. The Bertz CT molecular complexity index is 619. The zero-order valence-corrected chi connectivity index (χ0v) is 15.8. The topological polar surface area (TPSA) is 118 Å². The van der Waals surface area contributed by atoms with Crippen molar-refractivity contribution in [3.63, 3.8) is 0 Å². The summed E-state index contributed by atoms with van der Waals surface area (Å²) in [6.45, 7) is 5.52. The fourth-order valence-electron chi connectivity index (χ4n) is 7.74. The molecule has 26 heavy (non-hydrogen) atoms. The third kappa shape index (κ3) is 1.83. The molecule has 4 aliphatic rings. The van der Waals surface area contributed by atoms with Crippen LogP contribution >= 0.6 is 0 Å². The molecule has 5 N–H and O–H groups in total. The molecule has 0 aromatic heterocycles. The highest BCUT2D eigenvalue weighted by Crippen LogP contribution is 2.71. The number of Topliss-reactive ketones (excluding diaryl/α,β-unsaturated/α-hetero) is 1. The minimum Gasteiger partial charge on any atom is -0.396 e. The first-order valence-electron chi connectivity index (χ1n) is 9.94. The standard InChI is InChI=1S/C20H32O6/c1-9-10-6-11(22)15-19(8-21)12(18(2,3)5-4-13(19)23)7-14(24)20(15,16(9)25)17(10)26/h9-15,17,21-24,26H,4-8H2,1-3H3/t9-,10+,11+,12-,13-,14-,15+,17-,19+,20?/m1/s1. The average molecular weight is 368 g/mol. The monoisotopic (exact) mass is 368 g/mol. The summed E-state index contributed by atoms with van der Waals surface area (Å²) >= 11 is 0. The second-order valence-corrected chi connectivity index (χ2v) is 10.1. The van der Waals surface area contributed by atoms with Gasteiger partial charge in [0.05, 0.1) is 36.4 Å². The lowest BCUT2D eigenvalue weighted by atomic mass is 9.38. The lowest BCUT2D eigenvalue weighted by molar-refractivity contribution is -0.288. The van der Waals surface area contributed by atoms with Crippen LogP contribution in [-0.4, -0.2) is 62.3 Å². The van der Waals surface area contributed by atoms with E-state index >= 15 is 0 Å². The Morgan fingerprint density at radius 2 is 1.73 bits per heavy atom. The van der Waals surface area contributed by atoms with E-state index in [9.17, 15) is 30.3 Å². The number of fused-ring (bicyclic) bond motifs is 3. The van der Waals surface area contributed by atoms with Crippen LogP contribution in [0, 0.1) is 39.9 Å². The molecule has 4 aliphatic carbocycles. The van der Waals surface area contributed by atoms with Crippen LogP contribution < -0.4 is 0 Å². The molecule has 0 aromatic carbocycles. The highest BCUT2D eigenvalue weighted by atomic mass is 16.3. The zero-order chi connectivity index (χ0) is 19.2. The van der Waals surface area contributed by atoms with Gasteiger partial charge in [-0.3, -0.25) is 4.79 Å². The molecule has 4 fully saturated rings. The van der Waals surface area contributed by atoms with Crippen LogP contribution in [0.1, 0.15) is 46.5 Å². The highest BCUT2D eigenvalue weighted by molar-refractivity contribution is 5.92. The van der Waals surface area contributed by atoms with Gasteiger partial charge in [-0.05, 0) is 42.9 Å². The van der Waals surface area contributed by atoms with Gasteiger partial charge in [-0.1, -0.05) is 20.8 Å². The largest absolute Gasteiger partial charge is 0.396 e. The SMILES string of the molecule is C[C@H]1C(=O)C23[C@H](O)C[C@@H]4C(C)(C)CC[C@@H](O)[C@@]4(CO)[C@@H]2[C@@H](O)C[C@@H]1[C@H]3O. The summed E-state index contributed by atoms with van der Waals surface area (Å²) < 4.78 is 0. The number of hydrogen-bond acceptors (Lipinski definition) is 6. The van der Waals surface area contributed by atoms with Crippen molar-refractivity contribution in [3.05, 3.63) is 0 Å². The Morgan fingerprint density at radius 1 is 1.08 bits per heavy atom. The molecule has 0 saturated heterocycles. The van der Waals surface area contributed by atoms with Gasteiger partial charge in [-0.15, -0.1) is 0 Å². The minimum absolute atomic E-state index is 0.217. The number of aliphatic hydroxyl groups excluding tert-OH is 5. The molecule has 0 amide bonds. The van der Waals surface area contributed by atoms with E-state index in [1.165, 1.54) is 0 Å². The van der Waals surface area contributed by atoms with E-state index in [1.807, 2.05) is 0 Å². The molecular formula is C20H32O6. The number of ketones is 1. The first-order valence-corrected chi connectivity index (χ1v) is 9.94. The molecule has 10 atom stereocenters. The van der Waals surface area contributed by atoms with E-state index in [1.54, 1.807) is 6.92 Å². The van der Waals surface area contributed by atoms with Crippen molar-refractivity contribution in [1.29, 1.82) is 0 Å². The van der Waals surface area contributed by atoms with E-state index in [0.717, 1.165) is 6.42 Å². The van der Waals surface area contributed by atoms with E-state index in [4.69, 9.17) is 0 Å². The third-order valence-electron chi connectivity index (χ3n) is 8.93. The number of hydrogen-bond donors (Lipinski definition) is 5. The van der Waals surface area contributed by atoms with Crippen LogP contribution in [0.4, 0.5) is 0 Å². The van der Waals surface area contributed by atoms with E-state index < -0.39 is 47.1 Å². The van der Waals surface area contributed by atoms with Crippen molar-refractivity contribution in [2.45, 2.75) is 70.9 Å². The highest BCUT2D eigenvalue weighted by Gasteiger charge is 2.78. The first kappa shape index (κ1) is 18.8. The van der Waals surface area contributed by atoms with Gasteiger partial charge in [0.1, 0.15) is 5.78 Å². The van der Waals surface area contributed by atoms with Gasteiger partial charge < -0.3 is 25.5 Å². The van der Waals surface area contributed by atoms with Gasteiger partial charge in [0.2, 0.25) is 0 Å². The van der Waals surface area contributed by atoms with Crippen molar-refractivity contribution in [3.8, 4) is 0 Å². The van der Waals surface area contributed by atoms with Crippen LogP contribution in [0.25, 0.3) is 0 Å². The Labute approximate surface area is 154 Å². The first-order chi connectivity index (χ1) is 12.1. The van der Waals surface area contributed by atoms with Gasteiger partial charge in [-0.2, -0.15) is 0 Å². The number of aliphatic hydroxyl groups is 5. The molecule has 0 radical (unpaired) electrons. The van der Waals surface area contributed by atoms with Gasteiger partial charge in [0.15, 0.2) is 0 Å². The predicted octanol–water partition coefficient (Wildman–Crippen LogP) is 0.0899. The molecule has 0 heterocycles. The zero-order valence-electron chi connectivity index (χ0n) is 15.8. The molecule has 1 unspecified atom stereocenters.